The van der Waals surface area contributed by atoms with E-state index in [0.717, 1.165) is 6.92 Å². The summed E-state index contributed by atoms with van der Waals surface area (Å²) >= 11 is 0. The van der Waals surface area contributed by atoms with Crippen molar-refractivity contribution in [1.29, 1.82) is 0 Å². The van der Waals surface area contributed by atoms with E-state index in [-0.39, 0.29) is 0 Å². The fraction of sp³-hybridized carbons (Fsp3) is 0.333. The highest BCUT2D eigenvalue weighted by Crippen LogP contribution is 2.61. The van der Waals surface area contributed by atoms with Crippen molar-refractivity contribution in [2.45, 2.75) is 18.4 Å². The van der Waals surface area contributed by atoms with Gasteiger partial charge in [0.25, 0.3) is 0 Å². The summed E-state index contributed by atoms with van der Waals surface area (Å²) < 4.78 is 66.0. The minimum absolute atomic E-state index is 0.584. The van der Waals surface area contributed by atoms with Gasteiger partial charge in [0, 0.05) is 11.5 Å². The van der Waals surface area contributed by atoms with E-state index in [0.29, 0.717) is 0 Å². The predicted octanol–water partition coefficient (Wildman–Crippen LogP) is 2.92. The molecule has 1 aliphatic carbocycles. The maximum atomic E-state index is 13.5. The second-order valence-corrected chi connectivity index (χ2v) is 4.66. The summed E-state index contributed by atoms with van der Waals surface area (Å²) in [6.07, 6.45) is 0. The minimum atomic E-state index is -2.27. The Morgan fingerprint density at radius 3 is 1.68 bits per heavy atom. The maximum Gasteiger partial charge on any atom is 0.200 e. The molecule has 3 unspecified atom stereocenters. The van der Waals surface area contributed by atoms with Gasteiger partial charge in [0.15, 0.2) is 23.3 Å². The first-order chi connectivity index (χ1) is 8.62. The summed E-state index contributed by atoms with van der Waals surface area (Å²) in [5.41, 5.74) is -2.95. The lowest BCUT2D eigenvalue weighted by Crippen LogP contribution is -2.11. The molecule has 0 aliphatic heterocycles. The molecule has 0 aromatic heterocycles. The van der Waals surface area contributed by atoms with Crippen LogP contribution in [0.1, 0.15) is 18.4 Å². The van der Waals surface area contributed by atoms with Crippen LogP contribution in [0.4, 0.5) is 22.0 Å². The fourth-order valence-corrected chi connectivity index (χ4v) is 2.38. The van der Waals surface area contributed by atoms with Crippen LogP contribution in [-0.2, 0) is 0 Å². The third-order valence-corrected chi connectivity index (χ3v) is 3.40. The number of aliphatic hydroxyl groups is 2. The zero-order valence-electron chi connectivity index (χ0n) is 9.65. The van der Waals surface area contributed by atoms with Gasteiger partial charge in [0.05, 0.1) is 17.3 Å². The van der Waals surface area contributed by atoms with Crippen LogP contribution >= 0.6 is 0 Å². The highest BCUT2D eigenvalue weighted by Gasteiger charge is 2.65. The Hall–Kier alpha value is -1.63. The number of rotatable bonds is 2. The van der Waals surface area contributed by atoms with Crippen molar-refractivity contribution in [2.24, 2.45) is 5.92 Å². The second kappa shape index (κ2) is 3.93. The second-order valence-electron chi connectivity index (χ2n) is 4.66. The molecule has 1 aromatic carbocycles. The number of hydrogen-bond acceptors (Lipinski definition) is 2. The Kier molecular flexibility index (Phi) is 2.85. The molecule has 0 amide bonds. The summed E-state index contributed by atoms with van der Waals surface area (Å²) in [6, 6.07) is 0. The van der Waals surface area contributed by atoms with Gasteiger partial charge in [-0.25, -0.2) is 22.0 Å². The van der Waals surface area contributed by atoms with Gasteiger partial charge in [-0.15, -0.1) is 0 Å². The van der Waals surface area contributed by atoms with Gasteiger partial charge >= 0.3 is 0 Å². The Labute approximate surface area is 104 Å². The monoisotopic (exact) mass is 280 g/mol. The van der Waals surface area contributed by atoms with E-state index in [1.807, 2.05) is 0 Å². The lowest BCUT2D eigenvalue weighted by atomic mass is 10.0. The van der Waals surface area contributed by atoms with Gasteiger partial charge < -0.3 is 10.2 Å². The molecule has 1 saturated carbocycles. The van der Waals surface area contributed by atoms with Crippen LogP contribution in [0.25, 0.3) is 0 Å². The highest BCUT2D eigenvalue weighted by atomic mass is 19.2. The Bertz CT molecular complexity index is 553. The van der Waals surface area contributed by atoms with Gasteiger partial charge in [-0.2, -0.15) is 0 Å². The molecule has 2 rings (SSSR count). The van der Waals surface area contributed by atoms with E-state index in [1.165, 1.54) is 0 Å². The van der Waals surface area contributed by atoms with Crippen molar-refractivity contribution in [1.82, 2.24) is 0 Å². The molecule has 7 heteroatoms. The van der Waals surface area contributed by atoms with E-state index in [4.69, 9.17) is 0 Å². The molecule has 3 atom stereocenters. The van der Waals surface area contributed by atoms with Crippen molar-refractivity contribution >= 4 is 0 Å². The molecule has 1 aliphatic rings. The molecule has 0 radical (unpaired) electrons. The topological polar surface area (TPSA) is 40.5 Å². The average molecular weight is 280 g/mol. The van der Waals surface area contributed by atoms with Gasteiger partial charge in [-0.1, -0.05) is 6.58 Å². The van der Waals surface area contributed by atoms with Crippen LogP contribution in [-0.4, -0.2) is 15.8 Å². The van der Waals surface area contributed by atoms with E-state index in [2.05, 4.69) is 6.58 Å². The number of hydrogen-bond donors (Lipinski definition) is 2. The molecule has 2 nitrogen and oxygen atoms in total. The third kappa shape index (κ3) is 1.72. The van der Waals surface area contributed by atoms with Gasteiger partial charge in [0.2, 0.25) is 5.82 Å². The minimum Gasteiger partial charge on any atom is -0.513 e. The smallest absolute Gasteiger partial charge is 0.200 e. The summed E-state index contributed by atoms with van der Waals surface area (Å²) in [7, 11) is 0. The summed E-state index contributed by atoms with van der Waals surface area (Å²) in [4.78, 5) is 0. The summed E-state index contributed by atoms with van der Waals surface area (Å²) in [5, 5.41) is 19.0. The molecule has 0 heterocycles. The zero-order valence-corrected chi connectivity index (χ0v) is 9.65. The first kappa shape index (κ1) is 13.8. The normalized spacial score (nSPS) is 29.4. The lowest BCUT2D eigenvalue weighted by molar-refractivity contribution is 0.143. The largest absolute Gasteiger partial charge is 0.513 e. The Morgan fingerprint density at radius 1 is 1.00 bits per heavy atom. The SMILES string of the molecule is C=C(O)C1C(c2c(F)c(F)c(F)c(F)c2F)C1(C)O. The molecule has 1 aromatic rings. The summed E-state index contributed by atoms with van der Waals surface area (Å²) in [5.74, 6) is -13.7. The molecule has 2 N–H and O–H groups in total. The van der Waals surface area contributed by atoms with Crippen LogP contribution in [0, 0.1) is 35.0 Å². The molecule has 1 fully saturated rings. The van der Waals surface area contributed by atoms with Crippen LogP contribution in [0.3, 0.4) is 0 Å². The average Bonchev–Trinajstić information content (AvgIpc) is 2.87. The zero-order chi connectivity index (χ0) is 14.7. The van der Waals surface area contributed by atoms with Crippen molar-refractivity contribution in [3.8, 4) is 0 Å². The Balaban J connectivity index is 2.63. The fourth-order valence-electron chi connectivity index (χ4n) is 2.38. The van der Waals surface area contributed by atoms with E-state index in [1.54, 1.807) is 0 Å². The molecule has 0 saturated heterocycles. The van der Waals surface area contributed by atoms with Gasteiger partial charge in [0.1, 0.15) is 0 Å². The summed E-state index contributed by atoms with van der Waals surface area (Å²) in [6.45, 7) is 4.21. The molecule has 0 bridgehead atoms. The van der Waals surface area contributed by atoms with Crippen molar-refractivity contribution in [3.05, 3.63) is 47.0 Å². The standard InChI is InChI=1S/C12H9F5O2/c1-3(18)5-6(12(5,2)19)4-7(13)9(15)11(17)10(16)8(4)14/h5-6,18-19H,1H2,2H3. The van der Waals surface area contributed by atoms with Gasteiger partial charge in [-0.3, -0.25) is 0 Å². The number of benzene rings is 1. The first-order valence-electron chi connectivity index (χ1n) is 5.23. The van der Waals surface area contributed by atoms with E-state index >= 15 is 0 Å². The third-order valence-electron chi connectivity index (χ3n) is 3.40. The molecule has 0 spiro atoms. The first-order valence-corrected chi connectivity index (χ1v) is 5.23. The van der Waals surface area contributed by atoms with E-state index in [9.17, 15) is 32.2 Å². The van der Waals surface area contributed by atoms with E-state index < -0.39 is 57.8 Å². The molecular weight excluding hydrogens is 271 g/mol. The van der Waals surface area contributed by atoms with Gasteiger partial charge in [-0.05, 0) is 6.92 Å². The van der Waals surface area contributed by atoms with Crippen LogP contribution in [0.15, 0.2) is 12.3 Å². The Morgan fingerprint density at radius 2 is 1.37 bits per heavy atom. The van der Waals surface area contributed by atoms with Crippen molar-refractivity contribution < 1.29 is 32.2 Å². The molecule has 104 valence electrons. The highest BCUT2D eigenvalue weighted by molar-refractivity contribution is 5.41. The van der Waals surface area contributed by atoms with Crippen molar-refractivity contribution in [2.75, 3.05) is 0 Å². The van der Waals surface area contributed by atoms with Crippen LogP contribution in [0.2, 0.25) is 0 Å². The maximum absolute atomic E-state index is 13.5. The lowest BCUT2D eigenvalue weighted by Gasteiger charge is -2.08. The number of halogens is 5. The molecular formula is C12H9F5O2. The number of aliphatic hydroxyl groups excluding tert-OH is 1. The quantitative estimate of drug-likeness (QED) is 0.378. The molecule has 19 heavy (non-hydrogen) atoms. The van der Waals surface area contributed by atoms with Crippen molar-refractivity contribution in [3.63, 3.8) is 0 Å². The van der Waals surface area contributed by atoms with Crippen LogP contribution < -0.4 is 0 Å². The predicted molar refractivity (Wildman–Crippen MR) is 54.9 cm³/mol. The van der Waals surface area contributed by atoms with Crippen LogP contribution in [0.5, 0.6) is 0 Å².